The molecule has 1 amide bonds. The molecule has 5 nitrogen and oxygen atoms in total. The first-order valence-corrected chi connectivity index (χ1v) is 14.2. The van der Waals surface area contributed by atoms with Crippen molar-refractivity contribution in [2.75, 3.05) is 20.8 Å². The summed E-state index contributed by atoms with van der Waals surface area (Å²) >= 11 is 0. The highest BCUT2D eigenvalue weighted by atomic mass is 16.5. The summed E-state index contributed by atoms with van der Waals surface area (Å²) in [5.74, 6) is 0.541. The smallest absolute Gasteiger partial charge is 0.204 e. The molecule has 3 aromatic rings. The lowest BCUT2D eigenvalue weighted by Gasteiger charge is -2.22. The zero-order valence-electron chi connectivity index (χ0n) is 26.8. The van der Waals surface area contributed by atoms with Gasteiger partial charge in [-0.15, -0.1) is 0 Å². The number of primary amides is 1. The van der Waals surface area contributed by atoms with E-state index in [2.05, 4.69) is 83.7 Å². The van der Waals surface area contributed by atoms with Gasteiger partial charge in [0.25, 0.3) is 0 Å². The average molecular weight is 562 g/mol. The molecular formula is C36H51NO4. The third-order valence-electron chi connectivity index (χ3n) is 6.64. The molecule has 0 bridgehead atoms. The molecule has 0 saturated carbocycles. The fraction of sp³-hybridized carbons (Fsp3) is 0.444. The first-order chi connectivity index (χ1) is 19.2. The van der Waals surface area contributed by atoms with Crippen LogP contribution in [0.3, 0.4) is 0 Å². The van der Waals surface area contributed by atoms with Crippen LogP contribution in [0.25, 0.3) is 11.1 Å². The van der Waals surface area contributed by atoms with E-state index in [0.29, 0.717) is 12.5 Å². The summed E-state index contributed by atoms with van der Waals surface area (Å²) in [7, 11) is 3.51. The van der Waals surface area contributed by atoms with Crippen LogP contribution in [-0.4, -0.2) is 33.5 Å². The molecule has 2 N–H and O–H groups in total. The molecule has 0 heterocycles. The second-order valence-electron chi connectivity index (χ2n) is 12.5. The molecule has 1 aliphatic rings. The molecule has 0 radical (unpaired) electrons. The van der Waals surface area contributed by atoms with Crippen molar-refractivity contribution in [2.24, 2.45) is 11.7 Å². The van der Waals surface area contributed by atoms with E-state index < -0.39 is 0 Å². The van der Waals surface area contributed by atoms with Crippen molar-refractivity contribution in [1.82, 2.24) is 0 Å². The summed E-state index contributed by atoms with van der Waals surface area (Å²) in [5, 5.41) is 0. The maximum atomic E-state index is 9.50. The maximum Gasteiger partial charge on any atom is 0.204 e. The number of hydrogen-bond donors (Lipinski definition) is 1. The van der Waals surface area contributed by atoms with Gasteiger partial charge in [0.1, 0.15) is 6.29 Å². The highest BCUT2D eigenvalue weighted by Crippen LogP contribution is 2.47. The van der Waals surface area contributed by atoms with E-state index in [-0.39, 0.29) is 23.2 Å². The van der Waals surface area contributed by atoms with E-state index in [9.17, 15) is 4.79 Å². The van der Waals surface area contributed by atoms with Crippen molar-refractivity contribution >= 4 is 12.7 Å². The van der Waals surface area contributed by atoms with Gasteiger partial charge in [0.15, 0.2) is 0 Å². The van der Waals surface area contributed by atoms with Crippen LogP contribution in [0.15, 0.2) is 66.7 Å². The molecule has 0 fully saturated rings. The summed E-state index contributed by atoms with van der Waals surface area (Å²) < 4.78 is 10.5. The van der Waals surface area contributed by atoms with Crippen LogP contribution in [-0.2, 0) is 36.5 Å². The second-order valence-corrected chi connectivity index (χ2v) is 12.5. The van der Waals surface area contributed by atoms with Crippen LogP contribution < -0.4 is 5.73 Å². The SMILES string of the molecule is CC(C)C=O.COCC1c2cc(C(C)(C)C)ccc2-c2ccc(C(C)(C)C)cc21.COCc1ccccc1.NC=O. The van der Waals surface area contributed by atoms with Crippen molar-refractivity contribution in [3.63, 3.8) is 0 Å². The zero-order chi connectivity index (χ0) is 31.2. The number of hydrogen-bond acceptors (Lipinski definition) is 4. The van der Waals surface area contributed by atoms with Crippen LogP contribution in [0, 0.1) is 5.92 Å². The van der Waals surface area contributed by atoms with E-state index in [1.54, 1.807) is 14.2 Å². The molecule has 0 aromatic heterocycles. The molecule has 4 rings (SSSR count). The Labute approximate surface area is 248 Å². The van der Waals surface area contributed by atoms with Crippen LogP contribution in [0.1, 0.15) is 89.1 Å². The first-order valence-electron chi connectivity index (χ1n) is 14.2. The molecule has 1 aliphatic carbocycles. The molecule has 224 valence electrons. The number of methoxy groups -OCH3 is 2. The van der Waals surface area contributed by atoms with Gasteiger partial charge >= 0.3 is 0 Å². The van der Waals surface area contributed by atoms with Crippen molar-refractivity contribution < 1.29 is 19.1 Å². The fourth-order valence-corrected chi connectivity index (χ4v) is 4.38. The Morgan fingerprint density at radius 1 is 0.756 bits per heavy atom. The van der Waals surface area contributed by atoms with Gasteiger partial charge in [-0.2, -0.15) is 0 Å². The van der Waals surface area contributed by atoms with Crippen LogP contribution in [0.5, 0.6) is 0 Å². The molecule has 41 heavy (non-hydrogen) atoms. The van der Waals surface area contributed by atoms with Gasteiger partial charge in [0.2, 0.25) is 6.41 Å². The number of rotatable bonds is 5. The summed E-state index contributed by atoms with van der Waals surface area (Å²) in [4.78, 5) is 18.1. The number of carbonyl (C=O) groups excluding carboxylic acids is 2. The maximum absolute atomic E-state index is 9.50. The van der Waals surface area contributed by atoms with Gasteiger partial charge < -0.3 is 20.0 Å². The first kappa shape index (κ1) is 35.7. The summed E-state index contributed by atoms with van der Waals surface area (Å²) in [5.41, 5.74) is 14.1. The van der Waals surface area contributed by atoms with E-state index in [4.69, 9.17) is 14.3 Å². The predicted molar refractivity (Wildman–Crippen MR) is 171 cm³/mol. The molecule has 0 spiro atoms. The van der Waals surface area contributed by atoms with Crippen LogP contribution in [0.2, 0.25) is 0 Å². The lowest BCUT2D eigenvalue weighted by Crippen LogP contribution is -2.13. The van der Waals surface area contributed by atoms with Crippen LogP contribution >= 0.6 is 0 Å². The van der Waals surface area contributed by atoms with Gasteiger partial charge in [-0.05, 0) is 49.8 Å². The van der Waals surface area contributed by atoms with E-state index in [0.717, 1.165) is 12.9 Å². The van der Waals surface area contributed by atoms with E-state index in [1.807, 2.05) is 44.2 Å². The Morgan fingerprint density at radius 3 is 1.49 bits per heavy atom. The second kappa shape index (κ2) is 16.9. The van der Waals surface area contributed by atoms with Crippen LogP contribution in [0.4, 0.5) is 0 Å². The molecule has 0 aliphatic heterocycles. The van der Waals surface area contributed by atoms with Gasteiger partial charge in [0, 0.05) is 26.1 Å². The minimum Gasteiger partial charge on any atom is -0.384 e. The van der Waals surface area contributed by atoms with Gasteiger partial charge in [0.05, 0.1) is 13.2 Å². The van der Waals surface area contributed by atoms with E-state index >= 15 is 0 Å². The fourth-order valence-electron chi connectivity index (χ4n) is 4.38. The van der Waals surface area contributed by atoms with Crippen molar-refractivity contribution in [3.05, 3.63) is 94.5 Å². The number of ether oxygens (including phenoxy) is 2. The Morgan fingerprint density at radius 2 is 1.17 bits per heavy atom. The predicted octanol–water partition coefficient (Wildman–Crippen LogP) is 7.82. The third kappa shape index (κ3) is 11.3. The van der Waals surface area contributed by atoms with Crippen molar-refractivity contribution in [2.45, 2.75) is 78.7 Å². The third-order valence-corrected chi connectivity index (χ3v) is 6.64. The Bertz CT molecular complexity index is 1140. The molecule has 3 aromatic carbocycles. The average Bonchev–Trinajstić information content (AvgIpc) is 3.22. The number of fused-ring (bicyclic) bond motifs is 3. The number of benzene rings is 3. The standard InChI is InChI=1S/C23H30O.C8H10O.C4H8O.CH3NO/c1-22(2,3)15-8-10-17-18-11-9-16(23(4,5)6)13-20(18)21(14-24-7)19(17)12-15;1-9-7-8-5-3-2-4-6-8;1-4(2)3-5;2-1-3/h8-13,21H,14H2,1-7H3;2-6H,7H2,1H3;3-4H,1-2H3;1H,(H2,2,3). The lowest BCUT2D eigenvalue weighted by atomic mass is 9.83. The highest BCUT2D eigenvalue weighted by molar-refractivity contribution is 5.80. The number of carbonyl (C=O) groups is 2. The zero-order valence-corrected chi connectivity index (χ0v) is 26.8. The molecular weight excluding hydrogens is 510 g/mol. The molecule has 0 atom stereocenters. The minimum atomic E-state index is 0.165. The highest BCUT2D eigenvalue weighted by Gasteiger charge is 2.31. The Balaban J connectivity index is 0.000000405. The lowest BCUT2D eigenvalue weighted by molar-refractivity contribution is -0.110. The topological polar surface area (TPSA) is 78.6 Å². The van der Waals surface area contributed by atoms with Crippen molar-refractivity contribution in [1.29, 1.82) is 0 Å². The minimum absolute atomic E-state index is 0.165. The largest absolute Gasteiger partial charge is 0.384 e. The van der Waals surface area contributed by atoms with E-state index in [1.165, 1.54) is 38.9 Å². The molecule has 5 heteroatoms. The summed E-state index contributed by atoms with van der Waals surface area (Å²) in [6.07, 6.45) is 1.17. The number of amides is 1. The van der Waals surface area contributed by atoms with Gasteiger partial charge in [-0.1, -0.05) is 122 Å². The summed E-state index contributed by atoms with van der Waals surface area (Å²) in [6, 6.07) is 24.1. The monoisotopic (exact) mass is 561 g/mol. The normalized spacial score (nSPS) is 12.0. The number of nitrogens with two attached hydrogens (primary N) is 1. The van der Waals surface area contributed by atoms with Crippen molar-refractivity contribution in [3.8, 4) is 11.1 Å². The Hall–Kier alpha value is -3.28. The molecule has 0 unspecified atom stereocenters. The number of aldehydes is 1. The Kier molecular flexibility index (Phi) is 14.7. The van der Waals surface area contributed by atoms with Gasteiger partial charge in [-0.3, -0.25) is 4.79 Å². The summed E-state index contributed by atoms with van der Waals surface area (Å²) in [6.45, 7) is 18.8. The van der Waals surface area contributed by atoms with Gasteiger partial charge in [-0.25, -0.2) is 0 Å². The quantitative estimate of drug-likeness (QED) is 0.322. The molecule has 0 saturated heterocycles.